The van der Waals surface area contributed by atoms with Crippen molar-refractivity contribution in [2.45, 2.75) is 52.2 Å². The van der Waals surface area contributed by atoms with Gasteiger partial charge in [0, 0.05) is 5.92 Å². The van der Waals surface area contributed by atoms with Crippen LogP contribution in [0.15, 0.2) is 12.1 Å². The van der Waals surface area contributed by atoms with Crippen LogP contribution in [0.5, 0.6) is 0 Å². The van der Waals surface area contributed by atoms with Crippen LogP contribution < -0.4 is 0 Å². The van der Waals surface area contributed by atoms with Crippen molar-refractivity contribution in [2.75, 3.05) is 7.11 Å². The molecule has 4 unspecified atom stereocenters. The Balaban J connectivity index is 2.74. The van der Waals surface area contributed by atoms with E-state index >= 15 is 0 Å². The Labute approximate surface area is 136 Å². The van der Waals surface area contributed by atoms with Crippen LogP contribution in [0.1, 0.15) is 41.5 Å². The quantitative estimate of drug-likeness (QED) is 0.652. The lowest BCUT2D eigenvalue weighted by atomic mass is 9.69. The summed E-state index contributed by atoms with van der Waals surface area (Å²) in [6.45, 7) is 7.04. The Kier molecular flexibility index (Phi) is 4.64. The normalized spacial score (nSPS) is 30.3. The van der Waals surface area contributed by atoms with E-state index in [1.807, 2.05) is 32.9 Å². The molecular formula is C18H24O5. The van der Waals surface area contributed by atoms with Crippen molar-refractivity contribution in [3.8, 4) is 0 Å². The van der Waals surface area contributed by atoms with Crippen molar-refractivity contribution in [3.05, 3.63) is 34.4 Å². The molecule has 5 nitrogen and oxygen atoms in total. The number of hydrogen-bond acceptors (Lipinski definition) is 5. The van der Waals surface area contributed by atoms with E-state index in [1.54, 1.807) is 0 Å². The molecule has 1 aliphatic carbocycles. The van der Waals surface area contributed by atoms with Gasteiger partial charge < -0.3 is 14.9 Å². The van der Waals surface area contributed by atoms with Gasteiger partial charge in [-0.1, -0.05) is 17.7 Å². The predicted octanol–water partition coefficient (Wildman–Crippen LogP) is 1.57. The van der Waals surface area contributed by atoms with Crippen molar-refractivity contribution >= 4 is 11.8 Å². The minimum atomic E-state index is -1.56. The number of aliphatic hydroxyl groups excluding tert-OH is 2. The lowest BCUT2D eigenvalue weighted by Crippen LogP contribution is -2.43. The lowest BCUT2D eigenvalue weighted by Gasteiger charge is -2.33. The highest BCUT2D eigenvalue weighted by Crippen LogP contribution is 2.52. The summed E-state index contributed by atoms with van der Waals surface area (Å²) < 4.78 is 4.87. The van der Waals surface area contributed by atoms with E-state index in [0.717, 1.165) is 22.3 Å². The molecule has 2 rings (SSSR count). The maximum atomic E-state index is 12.5. The third-order valence-corrected chi connectivity index (χ3v) is 5.02. The molecule has 0 heterocycles. The molecule has 0 bridgehead atoms. The van der Waals surface area contributed by atoms with E-state index < -0.39 is 35.3 Å². The summed E-state index contributed by atoms with van der Waals surface area (Å²) >= 11 is 0. The minimum Gasteiger partial charge on any atom is -0.468 e. The highest BCUT2D eigenvalue weighted by Gasteiger charge is 2.62. The lowest BCUT2D eigenvalue weighted by molar-refractivity contribution is -0.159. The molecule has 126 valence electrons. The molecule has 0 aliphatic heterocycles. The largest absolute Gasteiger partial charge is 0.468 e. The molecule has 0 spiro atoms. The number of carbonyl (C=O) groups is 2. The van der Waals surface area contributed by atoms with Crippen LogP contribution in [0.2, 0.25) is 0 Å². The maximum Gasteiger partial charge on any atom is 0.320 e. The number of ether oxygens (including phenoxy) is 1. The molecular weight excluding hydrogens is 296 g/mol. The van der Waals surface area contributed by atoms with Crippen LogP contribution in [0, 0.1) is 26.2 Å². The molecule has 4 atom stereocenters. The van der Waals surface area contributed by atoms with E-state index in [9.17, 15) is 19.8 Å². The van der Waals surface area contributed by atoms with Gasteiger partial charge in [-0.25, -0.2) is 0 Å². The van der Waals surface area contributed by atoms with Crippen molar-refractivity contribution in [1.29, 1.82) is 0 Å². The van der Waals surface area contributed by atoms with Gasteiger partial charge in [-0.15, -0.1) is 0 Å². The number of carbonyl (C=O) groups excluding carboxylic acids is 2. The number of hydrogen-bond donors (Lipinski definition) is 2. The van der Waals surface area contributed by atoms with Crippen molar-refractivity contribution in [1.82, 2.24) is 0 Å². The Bertz CT molecular complexity index is 628. The Hall–Kier alpha value is -1.72. The number of Topliss-reactive ketones (excluding diaryl/α,β-unsaturated/α-hetero) is 1. The topological polar surface area (TPSA) is 83.8 Å². The maximum absolute atomic E-state index is 12.5. The third kappa shape index (κ3) is 2.58. The summed E-state index contributed by atoms with van der Waals surface area (Å²) in [6.07, 6.45) is -2.48. The highest BCUT2D eigenvalue weighted by atomic mass is 16.5. The molecule has 0 radical (unpaired) electrons. The van der Waals surface area contributed by atoms with E-state index in [4.69, 9.17) is 4.74 Å². The number of aliphatic hydroxyl groups is 2. The van der Waals surface area contributed by atoms with Crippen molar-refractivity contribution < 1.29 is 24.5 Å². The Morgan fingerprint density at radius 1 is 1.17 bits per heavy atom. The standard InChI is InChI=1S/C18H24O5/c1-9-6-10(2)14(11(3)7-9)15-16(21)13(20)8-18(15,12(4)19)17(22)23-5/h6-7,13,15-16,20-21H,8H2,1-5H3. The van der Waals surface area contributed by atoms with Gasteiger partial charge in [-0.3, -0.25) is 9.59 Å². The first-order valence-electron chi connectivity index (χ1n) is 7.70. The zero-order chi connectivity index (χ0) is 17.5. The van der Waals surface area contributed by atoms with Gasteiger partial charge in [-0.05, 0) is 50.8 Å². The van der Waals surface area contributed by atoms with Gasteiger partial charge in [0.05, 0.1) is 19.3 Å². The van der Waals surface area contributed by atoms with Gasteiger partial charge >= 0.3 is 5.97 Å². The Morgan fingerprint density at radius 3 is 2.13 bits per heavy atom. The zero-order valence-corrected chi connectivity index (χ0v) is 14.2. The SMILES string of the molecule is COC(=O)C1(C(C)=O)CC(O)C(O)C1c1c(C)cc(C)cc1C. The number of benzene rings is 1. The summed E-state index contributed by atoms with van der Waals surface area (Å²) in [7, 11) is 1.22. The predicted molar refractivity (Wildman–Crippen MR) is 85.2 cm³/mol. The van der Waals surface area contributed by atoms with E-state index in [-0.39, 0.29) is 6.42 Å². The van der Waals surface area contributed by atoms with Gasteiger partial charge in [0.2, 0.25) is 0 Å². The molecule has 0 saturated heterocycles. The van der Waals surface area contributed by atoms with E-state index in [2.05, 4.69) is 0 Å². The van der Waals surface area contributed by atoms with E-state index in [0.29, 0.717) is 0 Å². The number of ketones is 1. The summed E-state index contributed by atoms with van der Waals surface area (Å²) in [5, 5.41) is 20.7. The smallest absolute Gasteiger partial charge is 0.320 e. The van der Waals surface area contributed by atoms with Crippen molar-refractivity contribution in [2.24, 2.45) is 5.41 Å². The van der Waals surface area contributed by atoms with Crippen LogP contribution in [0.3, 0.4) is 0 Å². The van der Waals surface area contributed by atoms with Crippen LogP contribution in [0.4, 0.5) is 0 Å². The molecule has 1 aliphatic rings. The monoisotopic (exact) mass is 320 g/mol. The average Bonchev–Trinajstić information content (AvgIpc) is 2.71. The minimum absolute atomic E-state index is 0.131. The molecule has 0 amide bonds. The van der Waals surface area contributed by atoms with E-state index in [1.165, 1.54) is 14.0 Å². The first-order valence-corrected chi connectivity index (χ1v) is 7.70. The van der Waals surface area contributed by atoms with Crippen LogP contribution >= 0.6 is 0 Å². The van der Waals surface area contributed by atoms with Gasteiger partial charge in [-0.2, -0.15) is 0 Å². The summed E-state index contributed by atoms with van der Waals surface area (Å²) in [4.78, 5) is 24.9. The summed E-state index contributed by atoms with van der Waals surface area (Å²) in [5.74, 6) is -1.92. The molecule has 0 aromatic heterocycles. The van der Waals surface area contributed by atoms with Gasteiger partial charge in [0.15, 0.2) is 0 Å². The first-order chi connectivity index (χ1) is 10.7. The zero-order valence-electron chi connectivity index (χ0n) is 14.2. The first kappa shape index (κ1) is 17.6. The number of aryl methyl sites for hydroxylation is 3. The molecule has 5 heteroatoms. The third-order valence-electron chi connectivity index (χ3n) is 5.02. The second kappa shape index (κ2) is 6.06. The fourth-order valence-corrected chi connectivity index (χ4v) is 4.09. The van der Waals surface area contributed by atoms with Crippen LogP contribution in [-0.4, -0.2) is 41.3 Å². The second-order valence-electron chi connectivity index (χ2n) is 6.57. The molecule has 2 N–H and O–H groups in total. The number of rotatable bonds is 3. The highest BCUT2D eigenvalue weighted by molar-refractivity contribution is 6.04. The molecule has 23 heavy (non-hydrogen) atoms. The van der Waals surface area contributed by atoms with Crippen molar-refractivity contribution in [3.63, 3.8) is 0 Å². The summed E-state index contributed by atoms with van der Waals surface area (Å²) in [6, 6.07) is 3.89. The van der Waals surface area contributed by atoms with Crippen LogP contribution in [-0.2, 0) is 14.3 Å². The molecule has 1 aromatic rings. The van der Waals surface area contributed by atoms with Gasteiger partial charge in [0.1, 0.15) is 11.2 Å². The average molecular weight is 320 g/mol. The fraction of sp³-hybridized carbons (Fsp3) is 0.556. The second-order valence-corrected chi connectivity index (χ2v) is 6.57. The van der Waals surface area contributed by atoms with Crippen LogP contribution in [0.25, 0.3) is 0 Å². The molecule has 1 saturated carbocycles. The number of methoxy groups -OCH3 is 1. The Morgan fingerprint density at radius 2 is 1.70 bits per heavy atom. The van der Waals surface area contributed by atoms with Gasteiger partial charge in [0.25, 0.3) is 0 Å². The molecule has 1 aromatic carbocycles. The summed E-state index contributed by atoms with van der Waals surface area (Å²) in [5.41, 5.74) is 2.01. The fourth-order valence-electron chi connectivity index (χ4n) is 4.09. The molecule has 1 fully saturated rings. The number of esters is 1.